The summed E-state index contributed by atoms with van der Waals surface area (Å²) in [6, 6.07) is 15.2. The third-order valence-electron chi connectivity index (χ3n) is 5.27. The Bertz CT molecular complexity index is 881. The lowest BCUT2D eigenvalue weighted by Crippen LogP contribution is -2.37. The van der Waals surface area contributed by atoms with E-state index in [0.29, 0.717) is 23.9 Å². The van der Waals surface area contributed by atoms with Gasteiger partial charge in [0.2, 0.25) is 0 Å². The number of carbonyl (C=O) groups excluding carboxylic acids is 1. The Morgan fingerprint density at radius 2 is 1.80 bits per heavy atom. The summed E-state index contributed by atoms with van der Waals surface area (Å²) in [5, 5.41) is 12.8. The van der Waals surface area contributed by atoms with E-state index < -0.39 is 11.6 Å². The molecule has 0 spiro atoms. The van der Waals surface area contributed by atoms with Crippen LogP contribution in [0.4, 0.5) is 4.79 Å². The van der Waals surface area contributed by atoms with E-state index in [1.165, 1.54) is 13.8 Å². The molecule has 30 heavy (non-hydrogen) atoms. The summed E-state index contributed by atoms with van der Waals surface area (Å²) in [7, 11) is 0. The fraction of sp³-hybridized carbons (Fsp3) is 0.391. The number of benzene rings is 2. The number of nitrogens with one attached hydrogen (secondary N) is 1. The molecule has 0 radical (unpaired) electrons. The van der Waals surface area contributed by atoms with E-state index in [2.05, 4.69) is 5.32 Å². The zero-order chi connectivity index (χ0) is 21.7. The van der Waals surface area contributed by atoms with Gasteiger partial charge >= 0.3 is 12.0 Å². The second kappa shape index (κ2) is 9.39. The number of urea groups is 1. The fourth-order valence-corrected chi connectivity index (χ4v) is 3.56. The largest absolute Gasteiger partial charge is 0.478 e. The summed E-state index contributed by atoms with van der Waals surface area (Å²) < 4.78 is 5.53. The SMILES string of the molecule is CC(C)(Oc1ccc(CCCC2CNC(=O)N2Cc2ccc(Cl)cc2)cc1)C(=O)O. The van der Waals surface area contributed by atoms with Gasteiger partial charge in [-0.25, -0.2) is 9.59 Å². The van der Waals surface area contributed by atoms with E-state index in [0.717, 1.165) is 30.4 Å². The van der Waals surface area contributed by atoms with Gasteiger partial charge in [0.1, 0.15) is 5.75 Å². The van der Waals surface area contributed by atoms with Gasteiger partial charge in [-0.05, 0) is 68.5 Å². The van der Waals surface area contributed by atoms with Crippen LogP contribution in [0.15, 0.2) is 48.5 Å². The Kier molecular flexibility index (Phi) is 6.87. The molecule has 1 atom stereocenters. The Labute approximate surface area is 181 Å². The first kappa shape index (κ1) is 22.0. The highest BCUT2D eigenvalue weighted by Crippen LogP contribution is 2.22. The maximum atomic E-state index is 12.2. The van der Waals surface area contributed by atoms with Crippen molar-refractivity contribution in [2.24, 2.45) is 0 Å². The van der Waals surface area contributed by atoms with Crippen molar-refractivity contribution in [1.82, 2.24) is 10.2 Å². The van der Waals surface area contributed by atoms with Crippen LogP contribution in [0.1, 0.15) is 37.8 Å². The van der Waals surface area contributed by atoms with E-state index in [1.807, 2.05) is 41.3 Å². The van der Waals surface area contributed by atoms with Crippen molar-refractivity contribution >= 4 is 23.6 Å². The smallest absolute Gasteiger partial charge is 0.347 e. The topological polar surface area (TPSA) is 78.9 Å². The highest BCUT2D eigenvalue weighted by molar-refractivity contribution is 6.30. The summed E-state index contributed by atoms with van der Waals surface area (Å²) in [6.07, 6.45) is 2.72. The fourth-order valence-electron chi connectivity index (χ4n) is 3.43. The summed E-state index contributed by atoms with van der Waals surface area (Å²) in [4.78, 5) is 25.3. The van der Waals surface area contributed by atoms with Gasteiger partial charge in [-0.3, -0.25) is 0 Å². The molecule has 1 heterocycles. The molecule has 1 unspecified atom stereocenters. The predicted molar refractivity (Wildman–Crippen MR) is 116 cm³/mol. The molecule has 160 valence electrons. The molecular formula is C23H27ClN2O4. The number of amides is 2. The highest BCUT2D eigenvalue weighted by Gasteiger charge is 2.30. The van der Waals surface area contributed by atoms with E-state index in [4.69, 9.17) is 21.4 Å². The van der Waals surface area contributed by atoms with E-state index in [-0.39, 0.29) is 12.1 Å². The first-order chi connectivity index (χ1) is 14.2. The van der Waals surface area contributed by atoms with E-state index in [9.17, 15) is 9.59 Å². The van der Waals surface area contributed by atoms with Crippen molar-refractivity contribution in [3.63, 3.8) is 0 Å². The number of carboxylic acids is 1. The highest BCUT2D eigenvalue weighted by atomic mass is 35.5. The zero-order valence-electron chi connectivity index (χ0n) is 17.2. The minimum atomic E-state index is -1.27. The Morgan fingerprint density at radius 1 is 1.17 bits per heavy atom. The molecule has 1 saturated heterocycles. The van der Waals surface area contributed by atoms with Crippen LogP contribution in [-0.2, 0) is 17.8 Å². The molecule has 0 saturated carbocycles. The number of carboxylic acid groups (broad SMARTS) is 1. The molecule has 0 bridgehead atoms. The zero-order valence-corrected chi connectivity index (χ0v) is 18.0. The lowest BCUT2D eigenvalue weighted by Gasteiger charge is -2.23. The van der Waals surface area contributed by atoms with Gasteiger partial charge in [-0.15, -0.1) is 0 Å². The summed E-state index contributed by atoms with van der Waals surface area (Å²) >= 11 is 5.94. The third-order valence-corrected chi connectivity index (χ3v) is 5.52. The molecule has 0 aliphatic carbocycles. The number of ether oxygens (including phenoxy) is 1. The third kappa shape index (κ3) is 5.66. The number of hydrogen-bond donors (Lipinski definition) is 2. The predicted octanol–water partition coefficient (Wildman–Crippen LogP) is 4.50. The van der Waals surface area contributed by atoms with Crippen molar-refractivity contribution in [1.29, 1.82) is 0 Å². The molecule has 2 aromatic rings. The minimum absolute atomic E-state index is 0.0301. The van der Waals surface area contributed by atoms with Crippen LogP contribution in [0.2, 0.25) is 5.02 Å². The number of nitrogens with zero attached hydrogens (tertiary/aromatic N) is 1. The Hall–Kier alpha value is -2.73. The van der Waals surface area contributed by atoms with Gasteiger partial charge < -0.3 is 20.1 Å². The molecule has 2 aromatic carbocycles. The normalized spacial score (nSPS) is 16.4. The molecule has 1 aliphatic heterocycles. The van der Waals surface area contributed by atoms with Crippen LogP contribution >= 0.6 is 11.6 Å². The van der Waals surface area contributed by atoms with Crippen LogP contribution in [0.5, 0.6) is 5.75 Å². The molecule has 2 amide bonds. The molecule has 3 rings (SSSR count). The van der Waals surface area contributed by atoms with Gasteiger partial charge in [-0.1, -0.05) is 35.9 Å². The number of rotatable bonds is 9. The van der Waals surface area contributed by atoms with Gasteiger partial charge in [0.05, 0.1) is 6.04 Å². The minimum Gasteiger partial charge on any atom is -0.478 e. The first-order valence-corrected chi connectivity index (χ1v) is 10.4. The lowest BCUT2D eigenvalue weighted by atomic mass is 10.0. The molecular weight excluding hydrogens is 404 g/mol. The van der Waals surface area contributed by atoms with Crippen molar-refractivity contribution in [3.05, 3.63) is 64.7 Å². The van der Waals surface area contributed by atoms with Gasteiger partial charge in [0.15, 0.2) is 5.60 Å². The van der Waals surface area contributed by atoms with Crippen LogP contribution in [0.3, 0.4) is 0 Å². The summed E-state index contributed by atoms with van der Waals surface area (Å²) in [5.41, 5.74) is 0.940. The molecule has 0 aromatic heterocycles. The van der Waals surface area contributed by atoms with Crippen LogP contribution in [0.25, 0.3) is 0 Å². The lowest BCUT2D eigenvalue weighted by molar-refractivity contribution is -0.152. The number of halogens is 1. The number of aryl methyl sites for hydroxylation is 1. The summed E-state index contributed by atoms with van der Waals surface area (Å²) in [5.74, 6) is -0.472. The van der Waals surface area contributed by atoms with Crippen LogP contribution in [-0.4, -0.2) is 40.2 Å². The van der Waals surface area contributed by atoms with E-state index >= 15 is 0 Å². The van der Waals surface area contributed by atoms with Crippen molar-refractivity contribution in [3.8, 4) is 5.75 Å². The molecule has 7 heteroatoms. The first-order valence-electron chi connectivity index (χ1n) is 10.0. The molecule has 1 fully saturated rings. The Balaban J connectivity index is 1.50. The monoisotopic (exact) mass is 430 g/mol. The maximum Gasteiger partial charge on any atom is 0.347 e. The molecule has 1 aliphatic rings. The average Bonchev–Trinajstić information content (AvgIpc) is 3.04. The van der Waals surface area contributed by atoms with Crippen LogP contribution < -0.4 is 10.1 Å². The van der Waals surface area contributed by atoms with Crippen LogP contribution in [0, 0.1) is 0 Å². The molecule has 6 nitrogen and oxygen atoms in total. The van der Waals surface area contributed by atoms with Gasteiger partial charge in [-0.2, -0.15) is 0 Å². The maximum absolute atomic E-state index is 12.2. The number of aliphatic carboxylic acids is 1. The average molecular weight is 431 g/mol. The quantitative estimate of drug-likeness (QED) is 0.614. The van der Waals surface area contributed by atoms with Crippen molar-refractivity contribution < 1.29 is 19.4 Å². The second-order valence-electron chi connectivity index (χ2n) is 8.05. The number of hydrogen-bond acceptors (Lipinski definition) is 3. The van der Waals surface area contributed by atoms with Crippen molar-refractivity contribution in [2.75, 3.05) is 6.54 Å². The van der Waals surface area contributed by atoms with Gasteiger partial charge in [0, 0.05) is 18.1 Å². The summed E-state index contributed by atoms with van der Waals surface area (Å²) in [6.45, 7) is 4.27. The van der Waals surface area contributed by atoms with Crippen molar-refractivity contribution in [2.45, 2.75) is 51.3 Å². The van der Waals surface area contributed by atoms with Gasteiger partial charge in [0.25, 0.3) is 0 Å². The van der Waals surface area contributed by atoms with E-state index in [1.54, 1.807) is 12.1 Å². The molecule has 2 N–H and O–H groups in total. The number of carbonyl (C=O) groups is 2. The standard InChI is InChI=1S/C23H27ClN2O4/c1-23(2,21(27)28)30-20-12-8-16(9-13-20)4-3-5-19-14-25-22(29)26(19)15-17-6-10-18(24)11-7-17/h6-13,19H,3-5,14-15H2,1-2H3,(H,25,29)(H,27,28). The second-order valence-corrected chi connectivity index (χ2v) is 8.48. The Morgan fingerprint density at radius 3 is 2.43 bits per heavy atom.